The molecule has 3 rings (SSSR count). The molecule has 16 heavy (non-hydrogen) atoms. The van der Waals surface area contributed by atoms with Crippen molar-refractivity contribution < 1.29 is 4.74 Å². The van der Waals surface area contributed by atoms with Gasteiger partial charge in [-0.05, 0) is 19.8 Å². The van der Waals surface area contributed by atoms with Gasteiger partial charge in [0.2, 0.25) is 0 Å². The summed E-state index contributed by atoms with van der Waals surface area (Å²) >= 11 is 0. The lowest BCUT2D eigenvalue weighted by Gasteiger charge is -2.12. The van der Waals surface area contributed by atoms with E-state index in [0.717, 1.165) is 18.5 Å². The summed E-state index contributed by atoms with van der Waals surface area (Å²) in [6.45, 7) is 2.07. The topological polar surface area (TPSA) is 78.9 Å². The second kappa shape index (κ2) is 3.41. The van der Waals surface area contributed by atoms with Gasteiger partial charge in [-0.3, -0.25) is 4.57 Å². The highest BCUT2D eigenvalue weighted by atomic mass is 16.5. The van der Waals surface area contributed by atoms with Crippen molar-refractivity contribution in [1.82, 2.24) is 19.5 Å². The molecule has 0 spiro atoms. The number of fused-ring (bicyclic) bond motifs is 1. The van der Waals surface area contributed by atoms with E-state index in [0.29, 0.717) is 17.4 Å². The van der Waals surface area contributed by atoms with Gasteiger partial charge in [0.05, 0.1) is 12.4 Å². The average molecular weight is 219 g/mol. The molecule has 0 unspecified atom stereocenters. The summed E-state index contributed by atoms with van der Waals surface area (Å²) in [5.74, 6) is 0.412. The fraction of sp³-hybridized carbons (Fsp3) is 0.500. The first-order valence-electron chi connectivity index (χ1n) is 5.34. The van der Waals surface area contributed by atoms with E-state index in [2.05, 4.69) is 21.9 Å². The molecule has 84 valence electrons. The molecule has 2 N–H and O–H groups in total. The average Bonchev–Trinajstić information content (AvgIpc) is 2.84. The highest BCUT2D eigenvalue weighted by Crippen LogP contribution is 2.30. The Balaban J connectivity index is 2.08. The summed E-state index contributed by atoms with van der Waals surface area (Å²) in [4.78, 5) is 12.3. The third-order valence-electron chi connectivity index (χ3n) is 2.91. The van der Waals surface area contributed by atoms with Gasteiger partial charge in [-0.15, -0.1) is 0 Å². The lowest BCUT2D eigenvalue weighted by atomic mass is 10.2. The zero-order chi connectivity index (χ0) is 11.1. The number of aromatic nitrogens is 4. The van der Waals surface area contributed by atoms with Crippen LogP contribution in [0.1, 0.15) is 26.0 Å². The Labute approximate surface area is 92.5 Å². The number of nitrogens with two attached hydrogens (primary N) is 1. The van der Waals surface area contributed by atoms with E-state index in [1.165, 1.54) is 6.33 Å². The van der Waals surface area contributed by atoms with Gasteiger partial charge < -0.3 is 10.5 Å². The summed E-state index contributed by atoms with van der Waals surface area (Å²) in [6.07, 6.45) is 5.53. The maximum Gasteiger partial charge on any atom is 0.167 e. The fourth-order valence-corrected chi connectivity index (χ4v) is 2.07. The normalized spacial score (nSPS) is 25.3. The Kier molecular flexibility index (Phi) is 2.03. The highest BCUT2D eigenvalue weighted by molar-refractivity contribution is 5.81. The molecule has 2 atom stereocenters. The number of anilines is 1. The summed E-state index contributed by atoms with van der Waals surface area (Å²) in [7, 11) is 0. The van der Waals surface area contributed by atoms with Crippen LogP contribution in [0.3, 0.4) is 0 Å². The molecular weight excluding hydrogens is 206 g/mol. The largest absolute Gasteiger partial charge is 0.382 e. The maximum absolute atomic E-state index is 5.78. The van der Waals surface area contributed by atoms with Crippen molar-refractivity contribution in [3.05, 3.63) is 12.7 Å². The van der Waals surface area contributed by atoms with Crippen LogP contribution >= 0.6 is 0 Å². The van der Waals surface area contributed by atoms with Gasteiger partial charge >= 0.3 is 0 Å². The second-order valence-corrected chi connectivity index (χ2v) is 4.06. The third kappa shape index (κ3) is 1.34. The Bertz CT molecular complexity index is 523. The zero-order valence-electron chi connectivity index (χ0n) is 9.00. The van der Waals surface area contributed by atoms with Crippen LogP contribution in [0, 0.1) is 0 Å². The number of nitrogen functional groups attached to an aromatic ring is 1. The standard InChI is InChI=1S/C10H13N5O/c1-6-2-3-7(16-6)15-5-14-8-9(11)12-4-13-10(8)15/h4-7H,2-3H2,1H3,(H2,11,12,13)/t6-,7-/m0/s1. The molecule has 2 aromatic rings. The van der Waals surface area contributed by atoms with Crippen LogP contribution < -0.4 is 5.73 Å². The van der Waals surface area contributed by atoms with Crippen LogP contribution in [0.5, 0.6) is 0 Å². The van der Waals surface area contributed by atoms with E-state index in [4.69, 9.17) is 10.5 Å². The van der Waals surface area contributed by atoms with Crippen molar-refractivity contribution in [1.29, 1.82) is 0 Å². The molecule has 1 aliphatic rings. The Morgan fingerprint density at radius 3 is 3.00 bits per heavy atom. The smallest absolute Gasteiger partial charge is 0.167 e. The van der Waals surface area contributed by atoms with Gasteiger partial charge in [-0.1, -0.05) is 0 Å². The van der Waals surface area contributed by atoms with Crippen LogP contribution in [-0.4, -0.2) is 25.6 Å². The first kappa shape index (κ1) is 9.53. The molecule has 1 fully saturated rings. The minimum Gasteiger partial charge on any atom is -0.382 e. The molecule has 0 bridgehead atoms. The van der Waals surface area contributed by atoms with E-state index in [-0.39, 0.29) is 6.23 Å². The fourth-order valence-electron chi connectivity index (χ4n) is 2.07. The molecule has 3 heterocycles. The second-order valence-electron chi connectivity index (χ2n) is 4.06. The minimum atomic E-state index is 0.0225. The number of rotatable bonds is 1. The molecule has 6 heteroatoms. The van der Waals surface area contributed by atoms with Crippen LogP contribution in [0.15, 0.2) is 12.7 Å². The summed E-state index contributed by atoms with van der Waals surface area (Å²) < 4.78 is 7.70. The van der Waals surface area contributed by atoms with Gasteiger partial charge in [0, 0.05) is 0 Å². The van der Waals surface area contributed by atoms with Gasteiger partial charge in [-0.25, -0.2) is 15.0 Å². The number of nitrogens with zero attached hydrogens (tertiary/aromatic N) is 4. The van der Waals surface area contributed by atoms with Crippen molar-refractivity contribution in [2.45, 2.75) is 32.1 Å². The van der Waals surface area contributed by atoms with Crippen molar-refractivity contribution in [3.8, 4) is 0 Å². The Hall–Kier alpha value is -1.69. The number of hydrogen-bond acceptors (Lipinski definition) is 5. The Morgan fingerprint density at radius 2 is 2.25 bits per heavy atom. The van der Waals surface area contributed by atoms with Crippen molar-refractivity contribution in [3.63, 3.8) is 0 Å². The number of imidazole rings is 1. The maximum atomic E-state index is 5.78. The molecule has 6 nitrogen and oxygen atoms in total. The van der Waals surface area contributed by atoms with E-state index in [9.17, 15) is 0 Å². The predicted octanol–water partition coefficient (Wildman–Crippen LogP) is 1.11. The van der Waals surface area contributed by atoms with Crippen molar-refractivity contribution >= 4 is 17.0 Å². The molecule has 2 aromatic heterocycles. The zero-order valence-corrected chi connectivity index (χ0v) is 9.00. The minimum absolute atomic E-state index is 0.0225. The predicted molar refractivity (Wildman–Crippen MR) is 58.6 cm³/mol. The molecular formula is C10H13N5O. The molecule has 0 amide bonds. The first-order valence-corrected chi connectivity index (χ1v) is 5.34. The monoisotopic (exact) mass is 219 g/mol. The molecule has 0 radical (unpaired) electrons. The third-order valence-corrected chi connectivity index (χ3v) is 2.91. The number of ether oxygens (including phenoxy) is 1. The van der Waals surface area contributed by atoms with Crippen LogP contribution in [0.25, 0.3) is 11.2 Å². The van der Waals surface area contributed by atoms with Gasteiger partial charge in [0.1, 0.15) is 18.1 Å². The summed E-state index contributed by atoms with van der Waals surface area (Å²) in [5.41, 5.74) is 7.11. The van der Waals surface area contributed by atoms with Gasteiger partial charge in [0.15, 0.2) is 11.5 Å². The van der Waals surface area contributed by atoms with Crippen LogP contribution in [0.2, 0.25) is 0 Å². The molecule has 0 aliphatic carbocycles. The van der Waals surface area contributed by atoms with Gasteiger partial charge in [-0.2, -0.15) is 0 Å². The molecule has 1 aliphatic heterocycles. The molecule has 1 saturated heterocycles. The SMILES string of the molecule is C[C@H]1CC[C@@H](n2cnc3c(N)ncnc32)O1. The van der Waals surface area contributed by atoms with Crippen molar-refractivity contribution in [2.75, 3.05) is 5.73 Å². The van der Waals surface area contributed by atoms with Crippen molar-refractivity contribution in [2.24, 2.45) is 0 Å². The first-order chi connectivity index (χ1) is 7.75. The molecule has 0 aromatic carbocycles. The summed E-state index contributed by atoms with van der Waals surface area (Å²) in [6, 6.07) is 0. The van der Waals surface area contributed by atoms with E-state index >= 15 is 0 Å². The van der Waals surface area contributed by atoms with Crippen LogP contribution in [-0.2, 0) is 4.74 Å². The van der Waals surface area contributed by atoms with E-state index < -0.39 is 0 Å². The lowest BCUT2D eigenvalue weighted by Crippen LogP contribution is -2.09. The van der Waals surface area contributed by atoms with Crippen LogP contribution in [0.4, 0.5) is 5.82 Å². The Morgan fingerprint density at radius 1 is 1.38 bits per heavy atom. The highest BCUT2D eigenvalue weighted by Gasteiger charge is 2.25. The lowest BCUT2D eigenvalue weighted by molar-refractivity contribution is 0.0131. The number of hydrogen-bond donors (Lipinski definition) is 1. The van der Waals surface area contributed by atoms with Gasteiger partial charge in [0.25, 0.3) is 0 Å². The summed E-state index contributed by atoms with van der Waals surface area (Å²) in [5, 5.41) is 0. The van der Waals surface area contributed by atoms with E-state index in [1.807, 2.05) is 4.57 Å². The quantitative estimate of drug-likeness (QED) is 0.777. The molecule has 0 saturated carbocycles. The van der Waals surface area contributed by atoms with E-state index in [1.54, 1.807) is 6.33 Å².